The molecular formula is C19H25N5O2. The monoisotopic (exact) mass is 355 g/mol. The zero-order chi connectivity index (χ0) is 18.4. The summed E-state index contributed by atoms with van der Waals surface area (Å²) in [5.74, 6) is -0.421. The Balaban J connectivity index is 1.64. The Morgan fingerprint density at radius 1 is 1.31 bits per heavy atom. The Morgan fingerprint density at radius 2 is 2.19 bits per heavy atom. The second-order valence-corrected chi connectivity index (χ2v) is 6.47. The SMILES string of the molecule is CCCNC(=O)c1cccc(NC(=O)c2ccn(C3CCCNC3)n2)c1. The van der Waals surface area contributed by atoms with E-state index in [0.717, 1.165) is 32.4 Å². The smallest absolute Gasteiger partial charge is 0.276 e. The van der Waals surface area contributed by atoms with Gasteiger partial charge in [0.05, 0.1) is 6.04 Å². The molecule has 1 atom stereocenters. The molecule has 1 aromatic carbocycles. The first-order valence-corrected chi connectivity index (χ1v) is 9.13. The second kappa shape index (κ2) is 8.62. The van der Waals surface area contributed by atoms with Crippen LogP contribution in [-0.4, -0.2) is 41.2 Å². The van der Waals surface area contributed by atoms with Gasteiger partial charge in [-0.2, -0.15) is 5.10 Å². The number of benzene rings is 1. The molecule has 0 radical (unpaired) electrons. The van der Waals surface area contributed by atoms with Gasteiger partial charge in [0.2, 0.25) is 0 Å². The van der Waals surface area contributed by atoms with Crippen LogP contribution in [0.1, 0.15) is 53.1 Å². The van der Waals surface area contributed by atoms with Crippen LogP contribution in [0.2, 0.25) is 0 Å². The molecule has 0 aliphatic carbocycles. The number of carbonyl (C=O) groups excluding carboxylic acids is 2. The lowest BCUT2D eigenvalue weighted by Crippen LogP contribution is -2.32. The van der Waals surface area contributed by atoms with Gasteiger partial charge in [-0.1, -0.05) is 13.0 Å². The molecule has 1 unspecified atom stereocenters. The highest BCUT2D eigenvalue weighted by Gasteiger charge is 2.18. The van der Waals surface area contributed by atoms with Gasteiger partial charge in [0.1, 0.15) is 0 Å². The number of nitrogens with zero attached hydrogens (tertiary/aromatic N) is 2. The molecule has 26 heavy (non-hydrogen) atoms. The molecule has 1 saturated heterocycles. The van der Waals surface area contributed by atoms with Crippen molar-refractivity contribution in [2.45, 2.75) is 32.2 Å². The highest BCUT2D eigenvalue weighted by molar-refractivity contribution is 6.03. The van der Waals surface area contributed by atoms with Crippen molar-refractivity contribution >= 4 is 17.5 Å². The second-order valence-electron chi connectivity index (χ2n) is 6.47. The number of rotatable bonds is 6. The standard InChI is InChI=1S/C19H25N5O2/c1-2-9-21-18(25)14-5-3-6-15(12-14)22-19(26)17-8-11-24(23-17)16-7-4-10-20-13-16/h3,5-6,8,11-12,16,20H,2,4,7,9-10,13H2,1H3,(H,21,25)(H,22,26). The van der Waals surface area contributed by atoms with Crippen molar-refractivity contribution < 1.29 is 9.59 Å². The predicted molar refractivity (Wildman–Crippen MR) is 100 cm³/mol. The molecular weight excluding hydrogens is 330 g/mol. The van der Waals surface area contributed by atoms with Crippen molar-refractivity contribution in [3.05, 3.63) is 47.8 Å². The first kappa shape index (κ1) is 18.1. The summed E-state index contributed by atoms with van der Waals surface area (Å²) in [4.78, 5) is 24.5. The van der Waals surface area contributed by atoms with Crippen LogP contribution in [0.15, 0.2) is 36.5 Å². The minimum absolute atomic E-state index is 0.142. The van der Waals surface area contributed by atoms with Gasteiger partial charge in [0, 0.05) is 30.5 Å². The van der Waals surface area contributed by atoms with Gasteiger partial charge in [0.15, 0.2) is 5.69 Å². The minimum Gasteiger partial charge on any atom is -0.352 e. The van der Waals surface area contributed by atoms with E-state index in [1.807, 2.05) is 17.8 Å². The summed E-state index contributed by atoms with van der Waals surface area (Å²) in [5.41, 5.74) is 1.47. The molecule has 2 amide bonds. The molecule has 7 nitrogen and oxygen atoms in total. The molecule has 3 rings (SSSR count). The van der Waals surface area contributed by atoms with E-state index in [4.69, 9.17) is 0 Å². The largest absolute Gasteiger partial charge is 0.352 e. The summed E-state index contributed by atoms with van der Waals surface area (Å²) in [6.07, 6.45) is 4.89. The highest BCUT2D eigenvalue weighted by Crippen LogP contribution is 2.17. The van der Waals surface area contributed by atoms with Gasteiger partial charge in [-0.25, -0.2) is 0 Å². The van der Waals surface area contributed by atoms with Crippen LogP contribution in [0.4, 0.5) is 5.69 Å². The zero-order valence-corrected chi connectivity index (χ0v) is 15.0. The molecule has 0 bridgehead atoms. The fourth-order valence-electron chi connectivity index (χ4n) is 3.00. The number of aromatic nitrogens is 2. The fourth-order valence-corrected chi connectivity index (χ4v) is 3.00. The maximum Gasteiger partial charge on any atom is 0.276 e. The quantitative estimate of drug-likeness (QED) is 0.741. The van der Waals surface area contributed by atoms with Crippen LogP contribution in [0, 0.1) is 0 Å². The van der Waals surface area contributed by atoms with Gasteiger partial charge >= 0.3 is 0 Å². The van der Waals surface area contributed by atoms with E-state index in [1.54, 1.807) is 30.3 Å². The van der Waals surface area contributed by atoms with E-state index in [0.29, 0.717) is 23.5 Å². The molecule has 7 heteroatoms. The van der Waals surface area contributed by atoms with Crippen molar-refractivity contribution in [3.63, 3.8) is 0 Å². The highest BCUT2D eigenvalue weighted by atomic mass is 16.2. The molecule has 3 N–H and O–H groups in total. The van der Waals surface area contributed by atoms with Gasteiger partial charge in [-0.05, 0) is 50.1 Å². The van der Waals surface area contributed by atoms with Gasteiger partial charge in [-0.15, -0.1) is 0 Å². The van der Waals surface area contributed by atoms with E-state index in [9.17, 15) is 9.59 Å². The number of anilines is 1. The number of hydrogen-bond acceptors (Lipinski definition) is 4. The predicted octanol–water partition coefficient (Wildman–Crippen LogP) is 2.20. The lowest BCUT2D eigenvalue weighted by molar-refractivity contribution is 0.0952. The summed E-state index contributed by atoms with van der Waals surface area (Å²) in [6.45, 7) is 4.53. The summed E-state index contributed by atoms with van der Waals surface area (Å²) in [5, 5.41) is 13.4. The Morgan fingerprint density at radius 3 is 2.96 bits per heavy atom. The van der Waals surface area contributed by atoms with Crippen LogP contribution in [0.5, 0.6) is 0 Å². The maximum atomic E-state index is 12.5. The number of carbonyl (C=O) groups is 2. The molecule has 2 aromatic rings. The number of hydrogen-bond donors (Lipinski definition) is 3. The Labute approximate surface area is 153 Å². The molecule has 2 heterocycles. The average molecular weight is 355 g/mol. The van der Waals surface area contributed by atoms with E-state index < -0.39 is 0 Å². The van der Waals surface area contributed by atoms with Crippen LogP contribution >= 0.6 is 0 Å². The Hall–Kier alpha value is -2.67. The average Bonchev–Trinajstić information content (AvgIpc) is 3.17. The lowest BCUT2D eigenvalue weighted by Gasteiger charge is -2.22. The van der Waals surface area contributed by atoms with Crippen molar-refractivity contribution in [2.24, 2.45) is 0 Å². The summed E-state index contributed by atoms with van der Waals surface area (Å²) >= 11 is 0. The zero-order valence-electron chi connectivity index (χ0n) is 15.0. The van der Waals surface area contributed by atoms with Crippen LogP contribution in [-0.2, 0) is 0 Å². The molecule has 0 saturated carbocycles. The first-order valence-electron chi connectivity index (χ1n) is 9.13. The van der Waals surface area contributed by atoms with Crippen molar-refractivity contribution in [1.29, 1.82) is 0 Å². The van der Waals surface area contributed by atoms with Gasteiger partial charge < -0.3 is 16.0 Å². The van der Waals surface area contributed by atoms with Crippen LogP contribution < -0.4 is 16.0 Å². The van der Waals surface area contributed by atoms with Crippen molar-refractivity contribution in [2.75, 3.05) is 25.0 Å². The topological polar surface area (TPSA) is 88.0 Å². The Bertz CT molecular complexity index is 765. The van der Waals surface area contributed by atoms with E-state index in [-0.39, 0.29) is 17.9 Å². The van der Waals surface area contributed by atoms with Gasteiger partial charge in [0.25, 0.3) is 11.8 Å². The first-order chi connectivity index (χ1) is 12.7. The number of nitrogens with one attached hydrogen (secondary N) is 3. The van der Waals surface area contributed by atoms with Crippen molar-refractivity contribution in [1.82, 2.24) is 20.4 Å². The molecule has 0 spiro atoms. The van der Waals surface area contributed by atoms with Crippen LogP contribution in [0.25, 0.3) is 0 Å². The lowest BCUT2D eigenvalue weighted by atomic mass is 10.1. The number of piperidine rings is 1. The van der Waals surface area contributed by atoms with Crippen molar-refractivity contribution in [3.8, 4) is 0 Å². The molecule has 1 aliphatic heterocycles. The summed E-state index contributed by atoms with van der Waals surface area (Å²) in [7, 11) is 0. The molecule has 1 aromatic heterocycles. The van der Waals surface area contributed by atoms with Gasteiger partial charge in [-0.3, -0.25) is 14.3 Å². The summed E-state index contributed by atoms with van der Waals surface area (Å²) in [6, 6.07) is 8.92. The third kappa shape index (κ3) is 4.49. The summed E-state index contributed by atoms with van der Waals surface area (Å²) < 4.78 is 1.86. The van der Waals surface area contributed by atoms with Crippen LogP contribution in [0.3, 0.4) is 0 Å². The van der Waals surface area contributed by atoms with E-state index in [1.165, 1.54) is 0 Å². The fraction of sp³-hybridized carbons (Fsp3) is 0.421. The number of amides is 2. The maximum absolute atomic E-state index is 12.5. The van der Waals surface area contributed by atoms with E-state index in [2.05, 4.69) is 21.0 Å². The minimum atomic E-state index is -0.279. The molecule has 1 aliphatic rings. The third-order valence-electron chi connectivity index (χ3n) is 4.40. The third-order valence-corrected chi connectivity index (χ3v) is 4.40. The Kier molecular flexibility index (Phi) is 6.01. The normalized spacial score (nSPS) is 16.9. The molecule has 138 valence electrons. The van der Waals surface area contributed by atoms with E-state index >= 15 is 0 Å². The molecule has 1 fully saturated rings.